The van der Waals surface area contributed by atoms with E-state index in [4.69, 9.17) is 9.73 Å². The minimum absolute atomic E-state index is 0.0430. The molecular weight excluding hydrogens is 392 g/mol. The number of aromatic nitrogens is 1. The van der Waals surface area contributed by atoms with Gasteiger partial charge in [-0.2, -0.15) is 0 Å². The van der Waals surface area contributed by atoms with Crippen LogP contribution in [-0.2, 0) is 9.59 Å². The quantitative estimate of drug-likeness (QED) is 0.686. The van der Waals surface area contributed by atoms with Crippen LogP contribution < -0.4 is 15.0 Å². The second kappa shape index (κ2) is 8.79. The van der Waals surface area contributed by atoms with Crippen LogP contribution >= 0.6 is 0 Å². The Kier molecular flexibility index (Phi) is 5.75. The molecule has 0 saturated carbocycles. The van der Waals surface area contributed by atoms with Gasteiger partial charge in [0.1, 0.15) is 18.0 Å². The van der Waals surface area contributed by atoms with Crippen LogP contribution in [-0.4, -0.2) is 36.2 Å². The highest BCUT2D eigenvalue weighted by atomic mass is 16.5. The number of benzene rings is 2. The van der Waals surface area contributed by atoms with E-state index in [1.807, 2.05) is 55.5 Å². The zero-order valence-electron chi connectivity index (χ0n) is 17.3. The molecule has 0 bridgehead atoms. The van der Waals surface area contributed by atoms with Crippen molar-refractivity contribution in [2.45, 2.75) is 13.3 Å². The number of carbonyl (C=O) groups is 2. The summed E-state index contributed by atoms with van der Waals surface area (Å²) in [6, 6.07) is 18.4. The predicted octanol–water partition coefficient (Wildman–Crippen LogP) is 3.89. The van der Waals surface area contributed by atoms with Gasteiger partial charge in [-0.05, 0) is 43.3 Å². The average Bonchev–Trinajstić information content (AvgIpc) is 2.92. The first kappa shape index (κ1) is 20.3. The summed E-state index contributed by atoms with van der Waals surface area (Å²) in [5, 5.41) is 2.83. The number of nitrogens with zero attached hydrogens (tertiary/aromatic N) is 3. The van der Waals surface area contributed by atoms with E-state index < -0.39 is 0 Å². The van der Waals surface area contributed by atoms with Crippen molar-refractivity contribution in [2.24, 2.45) is 4.99 Å². The normalized spacial score (nSPS) is 13.2. The summed E-state index contributed by atoms with van der Waals surface area (Å²) in [6.45, 7) is 1.82. The molecule has 31 heavy (non-hydrogen) atoms. The van der Waals surface area contributed by atoms with Gasteiger partial charge in [0.15, 0.2) is 5.82 Å². The van der Waals surface area contributed by atoms with Gasteiger partial charge in [0.2, 0.25) is 11.8 Å². The van der Waals surface area contributed by atoms with E-state index in [9.17, 15) is 9.59 Å². The molecule has 2 aromatic carbocycles. The van der Waals surface area contributed by atoms with Crippen LogP contribution in [0.1, 0.15) is 17.5 Å². The summed E-state index contributed by atoms with van der Waals surface area (Å²) in [6.07, 6.45) is 1.63. The molecule has 3 aromatic rings. The van der Waals surface area contributed by atoms with Crippen molar-refractivity contribution >= 4 is 34.7 Å². The fourth-order valence-electron chi connectivity index (χ4n) is 3.34. The van der Waals surface area contributed by atoms with Gasteiger partial charge >= 0.3 is 0 Å². The monoisotopic (exact) mass is 414 g/mol. The molecule has 1 N–H and O–H groups in total. The topological polar surface area (TPSA) is 83.9 Å². The number of aryl methyl sites for hydroxylation is 1. The average molecular weight is 414 g/mol. The Morgan fingerprint density at radius 1 is 1.13 bits per heavy atom. The number of ether oxygens (including phenoxy) is 1. The molecule has 0 atom stereocenters. The van der Waals surface area contributed by atoms with Crippen molar-refractivity contribution in [3.8, 4) is 5.75 Å². The van der Waals surface area contributed by atoms with Gasteiger partial charge in [0, 0.05) is 17.4 Å². The molecule has 7 nitrogen and oxygen atoms in total. The van der Waals surface area contributed by atoms with Crippen LogP contribution in [0.5, 0.6) is 5.75 Å². The van der Waals surface area contributed by atoms with Crippen LogP contribution in [0.3, 0.4) is 0 Å². The van der Waals surface area contributed by atoms with Crippen LogP contribution in [0.25, 0.3) is 0 Å². The molecule has 2 heterocycles. The molecule has 0 fully saturated rings. The maximum Gasteiger partial charge on any atom is 0.244 e. The van der Waals surface area contributed by atoms with Crippen molar-refractivity contribution in [3.63, 3.8) is 0 Å². The number of nitrogens with one attached hydrogen (secondary N) is 1. The first-order chi connectivity index (χ1) is 15.0. The molecule has 0 saturated heterocycles. The summed E-state index contributed by atoms with van der Waals surface area (Å²) in [4.78, 5) is 36.2. The molecule has 0 spiro atoms. The molecule has 0 aliphatic carbocycles. The summed E-state index contributed by atoms with van der Waals surface area (Å²) in [5.41, 5.74) is 3.69. The number of carbonyl (C=O) groups excluding carboxylic acids is 2. The van der Waals surface area contributed by atoms with E-state index in [2.05, 4.69) is 10.3 Å². The lowest BCUT2D eigenvalue weighted by Gasteiger charge is -2.20. The van der Waals surface area contributed by atoms with E-state index in [1.54, 1.807) is 25.4 Å². The predicted molar refractivity (Wildman–Crippen MR) is 120 cm³/mol. The SMILES string of the molecule is COc1cccc(C2=Nc3cccnc3N(CC(=O)Nc3ccc(C)cc3)C(=O)C2)c1. The number of methoxy groups -OCH3 is 1. The molecule has 0 radical (unpaired) electrons. The number of hydrogen-bond donors (Lipinski definition) is 1. The lowest BCUT2D eigenvalue weighted by Crippen LogP contribution is -2.38. The second-order valence-electron chi connectivity index (χ2n) is 7.21. The Bertz CT molecular complexity index is 1160. The minimum Gasteiger partial charge on any atom is -0.497 e. The number of hydrogen-bond acceptors (Lipinski definition) is 5. The molecule has 156 valence electrons. The van der Waals surface area contributed by atoms with Crippen LogP contribution in [0, 0.1) is 6.92 Å². The number of pyridine rings is 1. The van der Waals surface area contributed by atoms with Crippen LogP contribution in [0.4, 0.5) is 17.2 Å². The van der Waals surface area contributed by atoms with Crippen LogP contribution in [0.15, 0.2) is 71.9 Å². The zero-order valence-corrected chi connectivity index (χ0v) is 17.3. The number of rotatable bonds is 5. The van der Waals surface area contributed by atoms with Gasteiger partial charge < -0.3 is 10.1 Å². The lowest BCUT2D eigenvalue weighted by molar-refractivity contribution is -0.120. The summed E-state index contributed by atoms with van der Waals surface area (Å²) < 4.78 is 5.30. The molecule has 2 amide bonds. The lowest BCUT2D eigenvalue weighted by atomic mass is 10.1. The van der Waals surface area contributed by atoms with Crippen molar-refractivity contribution in [1.82, 2.24) is 4.98 Å². The van der Waals surface area contributed by atoms with Crippen molar-refractivity contribution in [3.05, 3.63) is 78.0 Å². The van der Waals surface area contributed by atoms with Gasteiger partial charge in [0.05, 0.1) is 19.2 Å². The van der Waals surface area contributed by atoms with E-state index in [-0.39, 0.29) is 24.8 Å². The Morgan fingerprint density at radius 3 is 2.71 bits per heavy atom. The fraction of sp³-hybridized carbons (Fsp3) is 0.167. The van der Waals surface area contributed by atoms with Gasteiger partial charge in [-0.25, -0.2) is 9.98 Å². The van der Waals surface area contributed by atoms with Gasteiger partial charge in [-0.3, -0.25) is 14.5 Å². The molecular formula is C24H22N4O3. The Labute approximate surface area is 180 Å². The molecule has 0 unspecified atom stereocenters. The number of aliphatic imine (C=N–C) groups is 1. The Balaban J connectivity index is 1.61. The minimum atomic E-state index is -0.307. The van der Waals surface area contributed by atoms with E-state index in [0.717, 1.165) is 11.1 Å². The van der Waals surface area contributed by atoms with E-state index in [0.29, 0.717) is 28.7 Å². The standard InChI is InChI=1S/C24H22N4O3/c1-16-8-10-18(11-9-16)26-22(29)15-28-23(30)14-21(17-5-3-6-19(13-17)31-2)27-20-7-4-12-25-24(20)28/h3-13H,14-15H2,1-2H3,(H,26,29). The Hall–Kier alpha value is -4.00. The first-order valence-electron chi connectivity index (χ1n) is 9.87. The summed E-state index contributed by atoms with van der Waals surface area (Å²) in [5.74, 6) is 0.485. The third-order valence-corrected chi connectivity index (χ3v) is 4.94. The van der Waals surface area contributed by atoms with Crippen molar-refractivity contribution in [1.29, 1.82) is 0 Å². The highest BCUT2D eigenvalue weighted by molar-refractivity contribution is 6.18. The number of anilines is 2. The van der Waals surface area contributed by atoms with Crippen LogP contribution in [0.2, 0.25) is 0 Å². The zero-order chi connectivity index (χ0) is 21.8. The summed E-state index contributed by atoms with van der Waals surface area (Å²) >= 11 is 0. The van der Waals surface area contributed by atoms with E-state index in [1.165, 1.54) is 4.90 Å². The van der Waals surface area contributed by atoms with E-state index >= 15 is 0 Å². The smallest absolute Gasteiger partial charge is 0.244 e. The molecule has 1 aliphatic rings. The van der Waals surface area contributed by atoms with Gasteiger partial charge in [-0.15, -0.1) is 0 Å². The maximum absolute atomic E-state index is 13.1. The molecule has 1 aliphatic heterocycles. The highest BCUT2D eigenvalue weighted by Gasteiger charge is 2.27. The maximum atomic E-state index is 13.1. The molecule has 4 rings (SSSR count). The van der Waals surface area contributed by atoms with Gasteiger partial charge in [-0.1, -0.05) is 29.8 Å². The first-order valence-corrected chi connectivity index (χ1v) is 9.87. The largest absolute Gasteiger partial charge is 0.497 e. The second-order valence-corrected chi connectivity index (χ2v) is 7.21. The van der Waals surface area contributed by atoms with Gasteiger partial charge in [0.25, 0.3) is 0 Å². The Morgan fingerprint density at radius 2 is 1.94 bits per heavy atom. The number of fused-ring (bicyclic) bond motifs is 1. The third-order valence-electron chi connectivity index (χ3n) is 4.94. The number of amides is 2. The summed E-state index contributed by atoms with van der Waals surface area (Å²) in [7, 11) is 1.59. The third kappa shape index (κ3) is 4.61. The van der Waals surface area contributed by atoms with Crippen molar-refractivity contribution < 1.29 is 14.3 Å². The molecule has 7 heteroatoms. The molecule has 1 aromatic heterocycles. The fourth-order valence-corrected chi connectivity index (χ4v) is 3.34. The highest BCUT2D eigenvalue weighted by Crippen LogP contribution is 2.31. The van der Waals surface area contributed by atoms with Crippen molar-refractivity contribution in [2.75, 3.05) is 23.9 Å².